The van der Waals surface area contributed by atoms with E-state index in [4.69, 9.17) is 14.0 Å². The SMILES string of the molecule is CCCCCCCC(=O)O[C@H](COC(=O)CCCC)COP(=O)(O)OC. The second-order valence-electron chi connectivity index (χ2n) is 6.01. The van der Waals surface area contributed by atoms with Crippen molar-refractivity contribution >= 4 is 19.8 Å². The highest BCUT2D eigenvalue weighted by Gasteiger charge is 2.24. The summed E-state index contributed by atoms with van der Waals surface area (Å²) in [6, 6.07) is 0. The molecule has 0 aromatic rings. The van der Waals surface area contributed by atoms with Crippen LogP contribution in [0.25, 0.3) is 0 Å². The first-order valence-corrected chi connectivity index (χ1v) is 10.7. The number of ether oxygens (including phenoxy) is 2. The minimum atomic E-state index is -4.20. The Bertz CT molecular complexity index is 440. The van der Waals surface area contributed by atoms with Crippen molar-refractivity contribution in [2.75, 3.05) is 20.3 Å². The van der Waals surface area contributed by atoms with E-state index < -0.39 is 32.5 Å². The van der Waals surface area contributed by atoms with E-state index in [-0.39, 0.29) is 19.4 Å². The Morgan fingerprint density at radius 2 is 1.54 bits per heavy atom. The second kappa shape index (κ2) is 15.1. The monoisotopic (exact) mass is 396 g/mol. The number of unbranched alkanes of at least 4 members (excludes halogenated alkanes) is 5. The van der Waals surface area contributed by atoms with Crippen molar-refractivity contribution in [3.63, 3.8) is 0 Å². The van der Waals surface area contributed by atoms with Gasteiger partial charge in [-0.2, -0.15) is 0 Å². The fraction of sp³-hybridized carbons (Fsp3) is 0.882. The van der Waals surface area contributed by atoms with Crippen LogP contribution in [0.4, 0.5) is 0 Å². The first-order chi connectivity index (χ1) is 12.3. The van der Waals surface area contributed by atoms with E-state index in [1.54, 1.807) is 0 Å². The maximum atomic E-state index is 11.9. The van der Waals surface area contributed by atoms with Crippen molar-refractivity contribution in [2.24, 2.45) is 0 Å². The van der Waals surface area contributed by atoms with Gasteiger partial charge in [-0.1, -0.05) is 46.0 Å². The fourth-order valence-electron chi connectivity index (χ4n) is 2.04. The highest BCUT2D eigenvalue weighted by Crippen LogP contribution is 2.42. The normalized spacial score (nSPS) is 14.5. The van der Waals surface area contributed by atoms with Crippen LogP contribution in [0.1, 0.15) is 71.6 Å². The number of hydrogen-bond donors (Lipinski definition) is 1. The number of esters is 2. The molecule has 2 atom stereocenters. The molecule has 9 heteroatoms. The van der Waals surface area contributed by atoms with Gasteiger partial charge in [-0.15, -0.1) is 0 Å². The van der Waals surface area contributed by atoms with Crippen LogP contribution in [-0.4, -0.2) is 43.3 Å². The number of carbonyl (C=O) groups excluding carboxylic acids is 2. The number of phosphoric ester groups is 1. The van der Waals surface area contributed by atoms with Crippen LogP contribution < -0.4 is 0 Å². The van der Waals surface area contributed by atoms with Gasteiger partial charge in [-0.25, -0.2) is 4.57 Å². The summed E-state index contributed by atoms with van der Waals surface area (Å²) in [6.07, 6.45) is 6.06. The van der Waals surface area contributed by atoms with Crippen molar-refractivity contribution in [1.82, 2.24) is 0 Å². The molecule has 0 aromatic heterocycles. The predicted molar refractivity (Wildman–Crippen MR) is 96.5 cm³/mol. The fourth-order valence-corrected chi connectivity index (χ4v) is 2.50. The van der Waals surface area contributed by atoms with Gasteiger partial charge in [-0.3, -0.25) is 18.6 Å². The molecule has 0 aromatic carbocycles. The standard InChI is InChI=1S/C17H33O8P/c1-4-6-8-9-10-12-17(19)25-15(14-24-26(20,21)22-3)13-23-16(18)11-7-5-2/h15H,4-14H2,1-3H3,(H,20,21)/t15-/m1/s1. The van der Waals surface area contributed by atoms with Gasteiger partial charge < -0.3 is 14.4 Å². The molecule has 0 fully saturated rings. The molecule has 0 rings (SSSR count). The molecule has 0 aliphatic carbocycles. The lowest BCUT2D eigenvalue weighted by Gasteiger charge is -2.19. The number of rotatable bonds is 16. The van der Waals surface area contributed by atoms with Gasteiger partial charge in [0, 0.05) is 20.0 Å². The third-order valence-electron chi connectivity index (χ3n) is 3.60. The highest BCUT2D eigenvalue weighted by atomic mass is 31.2. The summed E-state index contributed by atoms with van der Waals surface area (Å²) < 4.78 is 30.7. The Labute approximate surface area is 156 Å². The molecule has 0 aliphatic heterocycles. The molecular weight excluding hydrogens is 363 g/mol. The predicted octanol–water partition coefficient (Wildman–Crippen LogP) is 3.76. The molecule has 154 valence electrons. The molecule has 0 aliphatic rings. The zero-order valence-electron chi connectivity index (χ0n) is 16.1. The van der Waals surface area contributed by atoms with Crippen molar-refractivity contribution in [1.29, 1.82) is 0 Å². The van der Waals surface area contributed by atoms with Gasteiger partial charge >= 0.3 is 19.8 Å². The molecule has 26 heavy (non-hydrogen) atoms. The number of carbonyl (C=O) groups is 2. The molecule has 0 heterocycles. The Balaban J connectivity index is 4.39. The molecule has 0 spiro atoms. The van der Waals surface area contributed by atoms with Gasteiger partial charge in [0.25, 0.3) is 0 Å². The summed E-state index contributed by atoms with van der Waals surface area (Å²) >= 11 is 0. The van der Waals surface area contributed by atoms with E-state index in [2.05, 4.69) is 11.4 Å². The van der Waals surface area contributed by atoms with Crippen LogP contribution in [0.5, 0.6) is 0 Å². The molecule has 0 saturated carbocycles. The van der Waals surface area contributed by atoms with E-state index in [0.29, 0.717) is 12.8 Å². The summed E-state index contributed by atoms with van der Waals surface area (Å²) in [5, 5.41) is 0. The Morgan fingerprint density at radius 1 is 0.923 bits per heavy atom. The van der Waals surface area contributed by atoms with Crippen molar-refractivity contribution in [3.05, 3.63) is 0 Å². The lowest BCUT2D eigenvalue weighted by atomic mass is 10.1. The van der Waals surface area contributed by atoms with Crippen LogP contribution in [0.3, 0.4) is 0 Å². The zero-order valence-corrected chi connectivity index (χ0v) is 17.0. The Morgan fingerprint density at radius 3 is 2.15 bits per heavy atom. The second-order valence-corrected chi connectivity index (χ2v) is 7.57. The third-order valence-corrected chi connectivity index (χ3v) is 4.54. The van der Waals surface area contributed by atoms with Gasteiger partial charge in [-0.05, 0) is 12.8 Å². The van der Waals surface area contributed by atoms with Crippen LogP contribution in [0.15, 0.2) is 0 Å². The van der Waals surface area contributed by atoms with Gasteiger partial charge in [0.2, 0.25) is 0 Å². The van der Waals surface area contributed by atoms with Crippen molar-refractivity contribution < 1.29 is 37.6 Å². The summed E-state index contributed by atoms with van der Waals surface area (Å²) in [5.74, 6) is -0.865. The smallest absolute Gasteiger partial charge is 0.462 e. The lowest BCUT2D eigenvalue weighted by molar-refractivity contribution is -0.161. The Kier molecular flexibility index (Phi) is 14.6. The van der Waals surface area contributed by atoms with Gasteiger partial charge in [0.1, 0.15) is 6.61 Å². The molecule has 1 unspecified atom stereocenters. The minimum absolute atomic E-state index is 0.228. The molecule has 0 bridgehead atoms. The Hall–Kier alpha value is -0.950. The van der Waals surface area contributed by atoms with E-state index in [1.165, 1.54) is 0 Å². The van der Waals surface area contributed by atoms with E-state index in [1.807, 2.05) is 6.92 Å². The molecule has 0 saturated heterocycles. The summed E-state index contributed by atoms with van der Waals surface area (Å²) in [7, 11) is -3.17. The minimum Gasteiger partial charge on any atom is -0.462 e. The van der Waals surface area contributed by atoms with E-state index in [0.717, 1.165) is 39.2 Å². The van der Waals surface area contributed by atoms with Crippen LogP contribution in [-0.2, 0) is 32.7 Å². The van der Waals surface area contributed by atoms with Gasteiger partial charge in [0.15, 0.2) is 6.10 Å². The third kappa shape index (κ3) is 14.2. The van der Waals surface area contributed by atoms with E-state index in [9.17, 15) is 19.0 Å². The average molecular weight is 396 g/mol. The highest BCUT2D eigenvalue weighted by molar-refractivity contribution is 7.47. The van der Waals surface area contributed by atoms with Crippen LogP contribution in [0, 0.1) is 0 Å². The van der Waals surface area contributed by atoms with E-state index >= 15 is 0 Å². The maximum absolute atomic E-state index is 11.9. The average Bonchev–Trinajstić information content (AvgIpc) is 2.62. The largest absolute Gasteiger partial charge is 0.472 e. The summed E-state index contributed by atoms with van der Waals surface area (Å²) in [4.78, 5) is 32.8. The van der Waals surface area contributed by atoms with Crippen LogP contribution >= 0.6 is 7.82 Å². The first-order valence-electron chi connectivity index (χ1n) is 9.22. The number of phosphoric acid groups is 1. The van der Waals surface area contributed by atoms with Gasteiger partial charge in [0.05, 0.1) is 6.61 Å². The van der Waals surface area contributed by atoms with Crippen molar-refractivity contribution in [2.45, 2.75) is 77.7 Å². The molecule has 0 amide bonds. The summed E-state index contributed by atoms with van der Waals surface area (Å²) in [6.45, 7) is 3.44. The first kappa shape index (κ1) is 25.1. The van der Waals surface area contributed by atoms with Crippen molar-refractivity contribution in [3.8, 4) is 0 Å². The molecule has 8 nitrogen and oxygen atoms in total. The summed E-state index contributed by atoms with van der Waals surface area (Å²) in [5.41, 5.74) is 0. The lowest BCUT2D eigenvalue weighted by Crippen LogP contribution is -2.29. The van der Waals surface area contributed by atoms with Crippen LogP contribution in [0.2, 0.25) is 0 Å². The maximum Gasteiger partial charge on any atom is 0.472 e. The quantitative estimate of drug-likeness (QED) is 0.239. The molecular formula is C17H33O8P. The topological polar surface area (TPSA) is 108 Å². The zero-order chi connectivity index (χ0) is 19.8. The molecule has 0 radical (unpaired) electrons. The molecule has 1 N–H and O–H groups in total. The number of hydrogen-bond acceptors (Lipinski definition) is 7.